The molecule has 3 nitrogen and oxygen atoms in total. The first kappa shape index (κ1) is 12.3. The van der Waals surface area contributed by atoms with Gasteiger partial charge in [-0.05, 0) is 52.2 Å². The SMILES string of the molecule is CN1CCCCC1CCNCC1CCCO1. The lowest BCUT2D eigenvalue weighted by Crippen LogP contribution is -2.39. The highest BCUT2D eigenvalue weighted by molar-refractivity contribution is 4.75. The molecule has 2 unspecified atom stereocenters. The zero-order chi connectivity index (χ0) is 11.2. The number of nitrogens with one attached hydrogen (secondary N) is 1. The first-order valence-corrected chi connectivity index (χ1v) is 6.89. The van der Waals surface area contributed by atoms with Crippen molar-refractivity contribution >= 4 is 0 Å². The summed E-state index contributed by atoms with van der Waals surface area (Å²) >= 11 is 0. The lowest BCUT2D eigenvalue weighted by molar-refractivity contribution is 0.108. The van der Waals surface area contributed by atoms with E-state index < -0.39 is 0 Å². The molecule has 2 saturated heterocycles. The van der Waals surface area contributed by atoms with Crippen LogP contribution >= 0.6 is 0 Å². The fourth-order valence-corrected chi connectivity index (χ4v) is 2.85. The summed E-state index contributed by atoms with van der Waals surface area (Å²) in [6.45, 7) is 4.46. The van der Waals surface area contributed by atoms with Gasteiger partial charge in [-0.15, -0.1) is 0 Å². The zero-order valence-electron chi connectivity index (χ0n) is 10.6. The Balaban J connectivity index is 1.53. The van der Waals surface area contributed by atoms with Crippen molar-refractivity contribution in [3.05, 3.63) is 0 Å². The minimum absolute atomic E-state index is 0.490. The van der Waals surface area contributed by atoms with E-state index in [1.165, 1.54) is 45.1 Å². The first-order chi connectivity index (χ1) is 7.86. The minimum atomic E-state index is 0.490. The van der Waals surface area contributed by atoms with Gasteiger partial charge >= 0.3 is 0 Å². The van der Waals surface area contributed by atoms with Gasteiger partial charge in [0.2, 0.25) is 0 Å². The summed E-state index contributed by atoms with van der Waals surface area (Å²) in [6, 6.07) is 0.811. The zero-order valence-corrected chi connectivity index (χ0v) is 10.6. The van der Waals surface area contributed by atoms with E-state index in [-0.39, 0.29) is 0 Å². The van der Waals surface area contributed by atoms with Crippen LogP contribution in [0.25, 0.3) is 0 Å². The molecule has 2 aliphatic rings. The molecule has 2 atom stereocenters. The van der Waals surface area contributed by atoms with Gasteiger partial charge in [-0.1, -0.05) is 6.42 Å². The topological polar surface area (TPSA) is 24.5 Å². The van der Waals surface area contributed by atoms with Crippen LogP contribution in [0.1, 0.15) is 38.5 Å². The van der Waals surface area contributed by atoms with Crippen molar-refractivity contribution < 1.29 is 4.74 Å². The summed E-state index contributed by atoms with van der Waals surface area (Å²) < 4.78 is 5.59. The molecule has 0 aromatic carbocycles. The van der Waals surface area contributed by atoms with E-state index in [4.69, 9.17) is 4.74 Å². The molecule has 1 N–H and O–H groups in total. The van der Waals surface area contributed by atoms with Crippen LogP contribution in [0.4, 0.5) is 0 Å². The first-order valence-electron chi connectivity index (χ1n) is 6.89. The van der Waals surface area contributed by atoms with E-state index >= 15 is 0 Å². The van der Waals surface area contributed by atoms with Gasteiger partial charge in [0.05, 0.1) is 6.10 Å². The van der Waals surface area contributed by atoms with Crippen LogP contribution in [0.3, 0.4) is 0 Å². The summed E-state index contributed by atoms with van der Waals surface area (Å²) in [5, 5.41) is 3.54. The van der Waals surface area contributed by atoms with Gasteiger partial charge in [0.15, 0.2) is 0 Å². The molecule has 0 aliphatic carbocycles. The van der Waals surface area contributed by atoms with Crippen molar-refractivity contribution in [2.45, 2.75) is 50.7 Å². The Bertz CT molecular complexity index is 192. The summed E-state index contributed by atoms with van der Waals surface area (Å²) in [5.41, 5.74) is 0. The van der Waals surface area contributed by atoms with Crippen molar-refractivity contribution in [2.75, 3.05) is 33.3 Å². The molecule has 0 spiro atoms. The molecular weight excluding hydrogens is 200 g/mol. The number of hydrogen-bond donors (Lipinski definition) is 1. The third-order valence-corrected chi connectivity index (χ3v) is 3.97. The second kappa shape index (κ2) is 6.58. The molecule has 2 fully saturated rings. The number of rotatable bonds is 5. The fourth-order valence-electron chi connectivity index (χ4n) is 2.85. The van der Waals surface area contributed by atoms with E-state index in [1.807, 2.05) is 0 Å². The molecule has 2 aliphatic heterocycles. The van der Waals surface area contributed by atoms with E-state index in [0.29, 0.717) is 6.10 Å². The Morgan fingerprint density at radius 2 is 2.19 bits per heavy atom. The molecular formula is C13H26N2O. The standard InChI is InChI=1S/C13H26N2O/c1-15-9-3-2-5-12(15)7-8-14-11-13-6-4-10-16-13/h12-14H,2-11H2,1H3. The van der Waals surface area contributed by atoms with Gasteiger partial charge in [0.25, 0.3) is 0 Å². The van der Waals surface area contributed by atoms with E-state index in [9.17, 15) is 0 Å². The average molecular weight is 226 g/mol. The molecule has 0 aromatic heterocycles. The Kier molecular flexibility index (Phi) is 5.07. The van der Waals surface area contributed by atoms with Gasteiger partial charge < -0.3 is 15.0 Å². The van der Waals surface area contributed by atoms with E-state index in [0.717, 1.165) is 25.7 Å². The molecule has 0 radical (unpaired) electrons. The highest BCUT2D eigenvalue weighted by atomic mass is 16.5. The number of piperidine rings is 1. The van der Waals surface area contributed by atoms with Crippen LogP contribution in [0.2, 0.25) is 0 Å². The lowest BCUT2D eigenvalue weighted by atomic mass is 10.0. The molecule has 94 valence electrons. The van der Waals surface area contributed by atoms with Gasteiger partial charge in [-0.3, -0.25) is 0 Å². The maximum atomic E-state index is 5.59. The molecule has 3 heteroatoms. The van der Waals surface area contributed by atoms with Crippen LogP contribution in [0.15, 0.2) is 0 Å². The van der Waals surface area contributed by atoms with Crippen LogP contribution in [0, 0.1) is 0 Å². The summed E-state index contributed by atoms with van der Waals surface area (Å²) in [6.07, 6.45) is 8.47. The van der Waals surface area contributed by atoms with Crippen molar-refractivity contribution in [1.82, 2.24) is 10.2 Å². The minimum Gasteiger partial charge on any atom is -0.377 e. The monoisotopic (exact) mass is 226 g/mol. The largest absolute Gasteiger partial charge is 0.377 e. The van der Waals surface area contributed by atoms with E-state index in [1.54, 1.807) is 0 Å². The van der Waals surface area contributed by atoms with Crippen LogP contribution < -0.4 is 5.32 Å². The third kappa shape index (κ3) is 3.72. The molecule has 16 heavy (non-hydrogen) atoms. The molecule has 0 bridgehead atoms. The van der Waals surface area contributed by atoms with Gasteiger partial charge in [0.1, 0.15) is 0 Å². The smallest absolute Gasteiger partial charge is 0.0700 e. The average Bonchev–Trinajstić information content (AvgIpc) is 2.79. The van der Waals surface area contributed by atoms with Gasteiger partial charge in [0, 0.05) is 19.2 Å². The van der Waals surface area contributed by atoms with E-state index in [2.05, 4.69) is 17.3 Å². The van der Waals surface area contributed by atoms with Crippen molar-refractivity contribution in [1.29, 1.82) is 0 Å². The highest BCUT2D eigenvalue weighted by Crippen LogP contribution is 2.17. The van der Waals surface area contributed by atoms with Crippen LogP contribution in [-0.4, -0.2) is 50.3 Å². The van der Waals surface area contributed by atoms with Gasteiger partial charge in [-0.25, -0.2) is 0 Å². The Hall–Kier alpha value is -0.120. The second-order valence-electron chi connectivity index (χ2n) is 5.26. The number of hydrogen-bond acceptors (Lipinski definition) is 3. The number of nitrogens with zero attached hydrogens (tertiary/aromatic N) is 1. The second-order valence-corrected chi connectivity index (χ2v) is 5.26. The number of ether oxygens (including phenoxy) is 1. The van der Waals surface area contributed by atoms with Crippen molar-refractivity contribution in [3.8, 4) is 0 Å². The summed E-state index contributed by atoms with van der Waals surface area (Å²) in [7, 11) is 2.27. The maximum Gasteiger partial charge on any atom is 0.0700 e. The Morgan fingerprint density at radius 3 is 2.94 bits per heavy atom. The predicted octanol–water partition coefficient (Wildman–Crippen LogP) is 1.63. The third-order valence-electron chi connectivity index (χ3n) is 3.97. The summed E-state index contributed by atoms with van der Waals surface area (Å²) in [4.78, 5) is 2.53. The van der Waals surface area contributed by atoms with Crippen molar-refractivity contribution in [3.63, 3.8) is 0 Å². The number of likely N-dealkylation sites (tertiary alicyclic amines) is 1. The predicted molar refractivity (Wildman–Crippen MR) is 66.7 cm³/mol. The fraction of sp³-hybridized carbons (Fsp3) is 1.00. The molecule has 0 saturated carbocycles. The van der Waals surface area contributed by atoms with Crippen molar-refractivity contribution in [2.24, 2.45) is 0 Å². The normalized spacial score (nSPS) is 32.1. The Morgan fingerprint density at radius 1 is 1.25 bits per heavy atom. The molecule has 2 heterocycles. The van der Waals surface area contributed by atoms with Gasteiger partial charge in [-0.2, -0.15) is 0 Å². The molecule has 0 amide bonds. The van der Waals surface area contributed by atoms with Crippen LogP contribution in [0.5, 0.6) is 0 Å². The molecule has 0 aromatic rings. The molecule has 2 rings (SSSR count). The van der Waals surface area contributed by atoms with Crippen LogP contribution in [-0.2, 0) is 4.74 Å². The lowest BCUT2D eigenvalue weighted by Gasteiger charge is -2.32. The maximum absolute atomic E-state index is 5.59. The highest BCUT2D eigenvalue weighted by Gasteiger charge is 2.19. The Labute approximate surface area is 99.5 Å². The quantitative estimate of drug-likeness (QED) is 0.721. The summed E-state index contributed by atoms with van der Waals surface area (Å²) in [5.74, 6) is 0.